The quantitative estimate of drug-likeness (QED) is 0.665. The number of hydrogen-bond donors (Lipinski definition) is 2. The molecule has 2 heterocycles. The van der Waals surface area contributed by atoms with Gasteiger partial charge in [0.25, 0.3) is 0 Å². The van der Waals surface area contributed by atoms with E-state index in [0.717, 1.165) is 19.7 Å². The minimum Gasteiger partial charge on any atom is -0.376 e. The Balaban J connectivity index is 0.000000845. The molecule has 0 aliphatic carbocycles. The second kappa shape index (κ2) is 5.52. The van der Waals surface area contributed by atoms with Crippen LogP contribution in [0.1, 0.15) is 19.8 Å². The van der Waals surface area contributed by atoms with Crippen molar-refractivity contribution in [3.8, 4) is 0 Å². The van der Waals surface area contributed by atoms with Gasteiger partial charge >= 0.3 is 0 Å². The molecule has 0 saturated carbocycles. The number of nitrogens with two attached hydrogens (primary N) is 1. The van der Waals surface area contributed by atoms with E-state index in [2.05, 4.69) is 12.2 Å². The first kappa shape index (κ1) is 14.5. The highest BCUT2D eigenvalue weighted by atomic mass is 35.5. The third-order valence-electron chi connectivity index (χ3n) is 3.45. The molecular formula is C9H20Cl2N2O. The summed E-state index contributed by atoms with van der Waals surface area (Å²) in [4.78, 5) is 0. The molecule has 2 aliphatic heterocycles. The maximum Gasteiger partial charge on any atom is 0.0704 e. The highest BCUT2D eigenvalue weighted by Gasteiger charge is 2.46. The van der Waals surface area contributed by atoms with E-state index in [0.29, 0.717) is 5.41 Å². The van der Waals surface area contributed by atoms with Crippen molar-refractivity contribution in [2.24, 2.45) is 11.1 Å². The van der Waals surface area contributed by atoms with E-state index in [9.17, 15) is 0 Å². The Morgan fingerprint density at radius 1 is 1.29 bits per heavy atom. The molecular weight excluding hydrogens is 223 g/mol. The van der Waals surface area contributed by atoms with E-state index in [1.54, 1.807) is 0 Å². The Morgan fingerprint density at radius 3 is 2.29 bits per heavy atom. The SMILES string of the molecule is C[C@@H]1OCC2(CCNCC2)C1N.Cl.Cl. The molecule has 2 aliphatic rings. The predicted molar refractivity (Wildman–Crippen MR) is 62.4 cm³/mol. The molecule has 0 radical (unpaired) electrons. The van der Waals surface area contributed by atoms with E-state index in [1.807, 2.05) is 0 Å². The van der Waals surface area contributed by atoms with E-state index >= 15 is 0 Å². The summed E-state index contributed by atoms with van der Waals surface area (Å²) >= 11 is 0. The molecule has 2 fully saturated rings. The Hall–Kier alpha value is 0.460. The van der Waals surface area contributed by atoms with Crippen LogP contribution in [0.15, 0.2) is 0 Å². The molecule has 0 aromatic heterocycles. The van der Waals surface area contributed by atoms with Crippen LogP contribution < -0.4 is 11.1 Å². The van der Waals surface area contributed by atoms with Gasteiger partial charge in [-0.25, -0.2) is 0 Å². The molecule has 14 heavy (non-hydrogen) atoms. The molecule has 1 unspecified atom stereocenters. The van der Waals surface area contributed by atoms with Gasteiger partial charge < -0.3 is 15.8 Å². The summed E-state index contributed by atoms with van der Waals surface area (Å²) in [6.07, 6.45) is 2.61. The van der Waals surface area contributed by atoms with Crippen molar-refractivity contribution >= 4 is 24.8 Å². The van der Waals surface area contributed by atoms with Gasteiger partial charge in [0.2, 0.25) is 0 Å². The summed E-state index contributed by atoms with van der Waals surface area (Å²) in [6, 6.07) is 0.250. The maximum atomic E-state index is 6.14. The van der Waals surface area contributed by atoms with Crippen molar-refractivity contribution in [1.82, 2.24) is 5.32 Å². The number of piperidine rings is 1. The van der Waals surface area contributed by atoms with Crippen molar-refractivity contribution in [3.05, 3.63) is 0 Å². The predicted octanol–water partition coefficient (Wildman–Crippen LogP) is 0.946. The summed E-state index contributed by atoms with van der Waals surface area (Å²) in [6.45, 7) is 5.16. The van der Waals surface area contributed by atoms with Crippen LogP contribution in [-0.2, 0) is 4.74 Å². The molecule has 0 bridgehead atoms. The average Bonchev–Trinajstić information content (AvgIpc) is 2.37. The monoisotopic (exact) mass is 242 g/mol. The number of hydrogen-bond acceptors (Lipinski definition) is 3. The first-order valence-corrected chi connectivity index (χ1v) is 4.82. The lowest BCUT2D eigenvalue weighted by Gasteiger charge is -2.36. The fourth-order valence-corrected chi connectivity index (χ4v) is 2.40. The van der Waals surface area contributed by atoms with Crippen molar-refractivity contribution in [1.29, 1.82) is 0 Å². The Kier molecular flexibility index (Phi) is 5.70. The fourth-order valence-electron chi connectivity index (χ4n) is 2.40. The third kappa shape index (κ3) is 2.34. The first-order chi connectivity index (χ1) is 5.75. The molecule has 0 amide bonds. The van der Waals surface area contributed by atoms with Crippen molar-refractivity contribution in [2.75, 3.05) is 19.7 Å². The van der Waals surface area contributed by atoms with Gasteiger partial charge in [-0.05, 0) is 32.9 Å². The van der Waals surface area contributed by atoms with Crippen LogP contribution >= 0.6 is 24.8 Å². The zero-order chi connectivity index (χ0) is 8.60. The lowest BCUT2D eigenvalue weighted by Crippen LogP contribution is -2.49. The summed E-state index contributed by atoms with van der Waals surface area (Å²) < 4.78 is 5.61. The standard InChI is InChI=1S/C9H18N2O.2ClH/c1-7-8(10)9(6-12-7)2-4-11-5-3-9;;/h7-8,11H,2-6,10H2,1H3;2*1H/t7-,8?;;/m0../s1. The van der Waals surface area contributed by atoms with E-state index in [4.69, 9.17) is 10.5 Å². The van der Waals surface area contributed by atoms with Gasteiger partial charge in [0.15, 0.2) is 0 Å². The van der Waals surface area contributed by atoms with Gasteiger partial charge in [0.05, 0.1) is 12.7 Å². The topological polar surface area (TPSA) is 47.3 Å². The fraction of sp³-hybridized carbons (Fsp3) is 1.00. The van der Waals surface area contributed by atoms with Crippen molar-refractivity contribution < 1.29 is 4.74 Å². The van der Waals surface area contributed by atoms with Gasteiger partial charge in [-0.1, -0.05) is 0 Å². The Bertz CT molecular complexity index is 169. The molecule has 2 saturated heterocycles. The van der Waals surface area contributed by atoms with E-state index in [-0.39, 0.29) is 37.0 Å². The molecule has 0 aromatic rings. The van der Waals surface area contributed by atoms with Crippen LogP contribution in [0, 0.1) is 5.41 Å². The molecule has 5 heteroatoms. The van der Waals surface area contributed by atoms with Gasteiger partial charge in [-0.15, -0.1) is 24.8 Å². The minimum absolute atomic E-state index is 0. The third-order valence-corrected chi connectivity index (χ3v) is 3.45. The number of halogens is 2. The summed E-state index contributed by atoms with van der Waals surface area (Å²) in [5, 5.41) is 3.36. The molecule has 86 valence electrons. The second-order valence-electron chi connectivity index (χ2n) is 4.15. The van der Waals surface area contributed by atoms with E-state index < -0.39 is 0 Å². The number of ether oxygens (including phenoxy) is 1. The number of nitrogens with one attached hydrogen (secondary N) is 1. The van der Waals surface area contributed by atoms with Gasteiger partial charge in [0.1, 0.15) is 0 Å². The van der Waals surface area contributed by atoms with Crippen molar-refractivity contribution in [3.63, 3.8) is 0 Å². The highest BCUT2D eigenvalue weighted by molar-refractivity contribution is 5.85. The summed E-state index contributed by atoms with van der Waals surface area (Å²) in [5.41, 5.74) is 6.43. The van der Waals surface area contributed by atoms with Gasteiger partial charge in [-0.2, -0.15) is 0 Å². The molecule has 3 nitrogen and oxygen atoms in total. The Labute approximate surface area is 98.0 Å². The normalized spacial score (nSPS) is 34.7. The molecule has 3 N–H and O–H groups in total. The highest BCUT2D eigenvalue weighted by Crippen LogP contribution is 2.39. The molecule has 2 atom stereocenters. The molecule has 0 aromatic carbocycles. The lowest BCUT2D eigenvalue weighted by molar-refractivity contribution is 0.0952. The molecule has 2 rings (SSSR count). The number of rotatable bonds is 0. The summed E-state index contributed by atoms with van der Waals surface area (Å²) in [5.74, 6) is 0. The smallest absolute Gasteiger partial charge is 0.0704 e. The second-order valence-corrected chi connectivity index (χ2v) is 4.15. The van der Waals surface area contributed by atoms with Gasteiger partial charge in [0, 0.05) is 11.5 Å². The van der Waals surface area contributed by atoms with Crippen molar-refractivity contribution in [2.45, 2.75) is 31.9 Å². The van der Waals surface area contributed by atoms with Crippen LogP contribution in [0.2, 0.25) is 0 Å². The van der Waals surface area contributed by atoms with Crippen LogP contribution in [-0.4, -0.2) is 31.8 Å². The summed E-state index contributed by atoms with van der Waals surface area (Å²) in [7, 11) is 0. The van der Waals surface area contributed by atoms with Crippen LogP contribution in [0.25, 0.3) is 0 Å². The van der Waals surface area contributed by atoms with E-state index in [1.165, 1.54) is 12.8 Å². The first-order valence-electron chi connectivity index (χ1n) is 4.82. The minimum atomic E-state index is 0. The zero-order valence-corrected chi connectivity index (χ0v) is 10.1. The van der Waals surface area contributed by atoms with Gasteiger partial charge in [-0.3, -0.25) is 0 Å². The Morgan fingerprint density at radius 2 is 1.86 bits per heavy atom. The lowest BCUT2D eigenvalue weighted by atomic mass is 9.74. The maximum absolute atomic E-state index is 6.14. The largest absolute Gasteiger partial charge is 0.376 e. The average molecular weight is 243 g/mol. The van der Waals surface area contributed by atoms with Crippen LogP contribution in [0.4, 0.5) is 0 Å². The molecule has 1 spiro atoms. The van der Waals surface area contributed by atoms with Crippen LogP contribution in [0.5, 0.6) is 0 Å². The van der Waals surface area contributed by atoms with Crippen LogP contribution in [0.3, 0.4) is 0 Å². The zero-order valence-electron chi connectivity index (χ0n) is 8.49.